The van der Waals surface area contributed by atoms with Gasteiger partial charge in [0.25, 0.3) is 5.91 Å². The van der Waals surface area contributed by atoms with Crippen LogP contribution in [-0.4, -0.2) is 46.6 Å². The van der Waals surface area contributed by atoms with Crippen LogP contribution < -0.4 is 4.90 Å². The molecule has 0 atom stereocenters. The number of carbonyl (C=O) groups excluding carboxylic acids is 1. The first-order valence-electron chi connectivity index (χ1n) is 8.56. The van der Waals surface area contributed by atoms with Gasteiger partial charge < -0.3 is 14.3 Å². The summed E-state index contributed by atoms with van der Waals surface area (Å²) in [6, 6.07) is 7.78. The number of hydrogen-bond acceptors (Lipinski definition) is 6. The largest absolute Gasteiger partial charge is 0.362 e. The van der Waals surface area contributed by atoms with Crippen molar-refractivity contribution in [3.8, 4) is 11.4 Å². The molecule has 7 nitrogen and oxygen atoms in total. The van der Waals surface area contributed by atoms with Crippen molar-refractivity contribution < 1.29 is 13.7 Å². The first kappa shape index (κ1) is 17.1. The van der Waals surface area contributed by atoms with Crippen LogP contribution in [0.2, 0.25) is 0 Å². The van der Waals surface area contributed by atoms with Crippen LogP contribution in [0.25, 0.3) is 11.4 Å². The van der Waals surface area contributed by atoms with Gasteiger partial charge in [0.1, 0.15) is 11.6 Å². The molecule has 0 saturated carbocycles. The van der Waals surface area contributed by atoms with Gasteiger partial charge in [-0.2, -0.15) is 0 Å². The third-order valence-electron chi connectivity index (χ3n) is 4.48. The molecule has 3 aromatic rings. The summed E-state index contributed by atoms with van der Waals surface area (Å²) < 4.78 is 18.6. The molecule has 138 valence electrons. The summed E-state index contributed by atoms with van der Waals surface area (Å²) in [5.41, 5.74) is 2.38. The van der Waals surface area contributed by atoms with Crippen molar-refractivity contribution in [3.05, 3.63) is 59.4 Å². The topological polar surface area (TPSA) is 75.4 Å². The van der Waals surface area contributed by atoms with Crippen molar-refractivity contribution in [3.63, 3.8) is 0 Å². The predicted molar refractivity (Wildman–Crippen MR) is 96.7 cm³/mol. The number of halogens is 1. The zero-order valence-electron chi connectivity index (χ0n) is 15.0. The first-order chi connectivity index (χ1) is 13.0. The number of carbonyl (C=O) groups is 1. The second-order valence-electron chi connectivity index (χ2n) is 6.55. The summed E-state index contributed by atoms with van der Waals surface area (Å²) in [4.78, 5) is 25.4. The highest BCUT2D eigenvalue weighted by atomic mass is 19.1. The van der Waals surface area contributed by atoms with Gasteiger partial charge in [0.2, 0.25) is 5.76 Å². The van der Waals surface area contributed by atoms with Crippen molar-refractivity contribution in [1.82, 2.24) is 20.0 Å². The van der Waals surface area contributed by atoms with Gasteiger partial charge in [0.15, 0.2) is 5.82 Å². The van der Waals surface area contributed by atoms with Crippen LogP contribution in [0.5, 0.6) is 0 Å². The molecule has 27 heavy (non-hydrogen) atoms. The Kier molecular flexibility index (Phi) is 4.31. The van der Waals surface area contributed by atoms with Crippen molar-refractivity contribution >= 4 is 11.7 Å². The molecule has 2 aromatic heterocycles. The minimum absolute atomic E-state index is 0.210. The average Bonchev–Trinajstić information content (AvgIpc) is 3.20. The van der Waals surface area contributed by atoms with Gasteiger partial charge in [-0.3, -0.25) is 4.79 Å². The van der Waals surface area contributed by atoms with Crippen molar-refractivity contribution in [2.75, 3.05) is 25.5 Å². The Bertz CT molecular complexity index is 988. The minimum atomic E-state index is -0.330. The van der Waals surface area contributed by atoms with E-state index < -0.39 is 0 Å². The van der Waals surface area contributed by atoms with Crippen molar-refractivity contribution in [2.45, 2.75) is 13.0 Å². The third kappa shape index (κ3) is 3.25. The zero-order chi connectivity index (χ0) is 19.0. The van der Waals surface area contributed by atoms with Crippen LogP contribution in [0.3, 0.4) is 0 Å². The molecule has 0 saturated heterocycles. The van der Waals surface area contributed by atoms with E-state index >= 15 is 0 Å². The Hall–Kier alpha value is -3.29. The molecule has 0 bridgehead atoms. The molecule has 1 aliphatic heterocycles. The summed E-state index contributed by atoms with van der Waals surface area (Å²) >= 11 is 0. The standard InChI is InChI=1S/C19H18FN5O2/c1-24(2)18-14-11-25(19(26)16-6-8-21-27-16)9-7-15(14)22-17(23-18)12-4-3-5-13(20)10-12/h3-6,8,10H,7,9,11H2,1-2H3. The number of amides is 1. The number of hydrogen-bond donors (Lipinski definition) is 0. The maximum Gasteiger partial charge on any atom is 0.292 e. The number of anilines is 1. The lowest BCUT2D eigenvalue weighted by Gasteiger charge is -2.30. The van der Waals surface area contributed by atoms with E-state index in [1.807, 2.05) is 19.0 Å². The Labute approximate surface area is 155 Å². The first-order valence-corrected chi connectivity index (χ1v) is 8.56. The lowest BCUT2D eigenvalue weighted by molar-refractivity contribution is 0.0691. The Morgan fingerprint density at radius 3 is 2.81 bits per heavy atom. The monoisotopic (exact) mass is 367 g/mol. The molecule has 0 unspecified atom stereocenters. The van der Waals surface area contributed by atoms with Gasteiger partial charge >= 0.3 is 0 Å². The van der Waals surface area contributed by atoms with E-state index in [2.05, 4.69) is 15.1 Å². The second kappa shape index (κ2) is 6.79. The van der Waals surface area contributed by atoms with Crippen LogP contribution in [0.1, 0.15) is 21.8 Å². The van der Waals surface area contributed by atoms with Crippen LogP contribution in [0.15, 0.2) is 41.1 Å². The fourth-order valence-corrected chi connectivity index (χ4v) is 3.18. The van der Waals surface area contributed by atoms with Gasteiger partial charge in [-0.05, 0) is 12.1 Å². The fraction of sp³-hybridized carbons (Fsp3) is 0.263. The van der Waals surface area contributed by atoms with E-state index in [1.165, 1.54) is 18.3 Å². The molecule has 0 N–H and O–H groups in total. The summed E-state index contributed by atoms with van der Waals surface area (Å²) in [5, 5.41) is 3.59. The average molecular weight is 367 g/mol. The van der Waals surface area contributed by atoms with Gasteiger partial charge in [-0.25, -0.2) is 14.4 Å². The number of rotatable bonds is 3. The minimum Gasteiger partial charge on any atom is -0.362 e. The Morgan fingerprint density at radius 2 is 2.11 bits per heavy atom. The zero-order valence-corrected chi connectivity index (χ0v) is 15.0. The van der Waals surface area contributed by atoms with Gasteiger partial charge in [-0.15, -0.1) is 0 Å². The number of aromatic nitrogens is 3. The molecule has 3 heterocycles. The lowest BCUT2D eigenvalue weighted by Crippen LogP contribution is -2.37. The van der Waals surface area contributed by atoms with Gasteiger partial charge in [-0.1, -0.05) is 17.3 Å². The SMILES string of the molecule is CN(C)c1nc(-c2cccc(F)c2)nc2c1CN(C(=O)c1ccno1)CC2. The third-order valence-corrected chi connectivity index (χ3v) is 4.48. The summed E-state index contributed by atoms with van der Waals surface area (Å²) in [6.45, 7) is 0.894. The molecular formula is C19H18FN5O2. The molecule has 1 aromatic carbocycles. The summed E-state index contributed by atoms with van der Waals surface area (Å²) in [5.74, 6) is 0.865. The van der Waals surface area contributed by atoms with E-state index in [9.17, 15) is 9.18 Å². The highest BCUT2D eigenvalue weighted by molar-refractivity contribution is 5.91. The van der Waals surface area contributed by atoms with Gasteiger partial charge in [0.05, 0.1) is 18.4 Å². The fourth-order valence-electron chi connectivity index (χ4n) is 3.18. The normalized spacial score (nSPS) is 13.4. The van der Waals surface area contributed by atoms with E-state index in [0.29, 0.717) is 36.7 Å². The van der Waals surface area contributed by atoms with Crippen LogP contribution in [0, 0.1) is 5.82 Å². The van der Waals surface area contributed by atoms with Crippen molar-refractivity contribution in [1.29, 1.82) is 0 Å². The maximum atomic E-state index is 13.6. The molecule has 0 radical (unpaired) electrons. The van der Waals surface area contributed by atoms with E-state index in [4.69, 9.17) is 4.52 Å². The Balaban J connectivity index is 1.72. The lowest BCUT2D eigenvalue weighted by atomic mass is 10.0. The predicted octanol–water partition coefficient (Wildman–Crippen LogP) is 2.54. The Morgan fingerprint density at radius 1 is 1.26 bits per heavy atom. The highest BCUT2D eigenvalue weighted by Crippen LogP contribution is 2.29. The number of fused-ring (bicyclic) bond motifs is 1. The highest BCUT2D eigenvalue weighted by Gasteiger charge is 2.28. The number of benzene rings is 1. The van der Waals surface area contributed by atoms with E-state index in [1.54, 1.807) is 23.1 Å². The van der Waals surface area contributed by atoms with Crippen LogP contribution >= 0.6 is 0 Å². The number of nitrogens with zero attached hydrogens (tertiary/aromatic N) is 5. The smallest absolute Gasteiger partial charge is 0.292 e. The van der Waals surface area contributed by atoms with Gasteiger partial charge in [0, 0.05) is 44.3 Å². The molecule has 1 aliphatic rings. The van der Waals surface area contributed by atoms with Crippen LogP contribution in [0.4, 0.5) is 10.2 Å². The molecule has 0 fully saturated rings. The quantitative estimate of drug-likeness (QED) is 0.708. The molecule has 8 heteroatoms. The molecular weight excluding hydrogens is 349 g/mol. The molecule has 0 aliphatic carbocycles. The van der Waals surface area contributed by atoms with E-state index in [0.717, 1.165) is 11.3 Å². The maximum absolute atomic E-state index is 13.6. The van der Waals surface area contributed by atoms with Crippen LogP contribution in [-0.2, 0) is 13.0 Å². The molecule has 1 amide bonds. The summed E-state index contributed by atoms with van der Waals surface area (Å²) in [7, 11) is 3.77. The summed E-state index contributed by atoms with van der Waals surface area (Å²) in [6.07, 6.45) is 2.03. The molecule has 0 spiro atoms. The molecule has 4 rings (SSSR count). The van der Waals surface area contributed by atoms with Crippen molar-refractivity contribution in [2.24, 2.45) is 0 Å². The van der Waals surface area contributed by atoms with E-state index in [-0.39, 0.29) is 17.5 Å². The second-order valence-corrected chi connectivity index (χ2v) is 6.55.